The van der Waals surface area contributed by atoms with Gasteiger partial charge in [-0.2, -0.15) is 5.10 Å². The number of carbonyl (C=O) groups is 1. The van der Waals surface area contributed by atoms with Crippen LogP contribution in [-0.4, -0.2) is 11.6 Å². The number of rotatable bonds is 5. The molecule has 4 nitrogen and oxygen atoms in total. The lowest BCUT2D eigenvalue weighted by Crippen LogP contribution is -2.18. The highest BCUT2D eigenvalue weighted by Crippen LogP contribution is 2.00. The predicted molar refractivity (Wildman–Crippen MR) is 58.8 cm³/mol. The average Bonchev–Trinajstić information content (AvgIpc) is 2.76. The Morgan fingerprint density at radius 3 is 3.00 bits per heavy atom. The second-order valence-corrected chi connectivity index (χ2v) is 3.37. The highest BCUT2D eigenvalue weighted by Gasteiger charge is 2.06. The van der Waals surface area contributed by atoms with Gasteiger partial charge >= 0.3 is 5.91 Å². The molecule has 0 aromatic carbocycles. The molecule has 0 saturated heterocycles. The van der Waals surface area contributed by atoms with E-state index in [1.165, 1.54) is 6.26 Å². The third-order valence-corrected chi connectivity index (χ3v) is 1.99. The standard InChI is InChI=1S/C11H16N2O2/c1-3-4-6-9(2)12-13-11(14)10-7-5-8-15-10/h5,7-8H,3-4,6H2,1-2H3,(H,13,14)/b12-9+. The van der Waals surface area contributed by atoms with E-state index < -0.39 is 0 Å². The summed E-state index contributed by atoms with van der Waals surface area (Å²) in [7, 11) is 0. The molecular weight excluding hydrogens is 192 g/mol. The summed E-state index contributed by atoms with van der Waals surface area (Å²) >= 11 is 0. The van der Waals surface area contributed by atoms with Crippen molar-refractivity contribution in [1.82, 2.24) is 5.43 Å². The van der Waals surface area contributed by atoms with E-state index >= 15 is 0 Å². The van der Waals surface area contributed by atoms with Crippen LogP contribution in [0.2, 0.25) is 0 Å². The van der Waals surface area contributed by atoms with E-state index in [1.807, 2.05) is 6.92 Å². The van der Waals surface area contributed by atoms with Crippen molar-refractivity contribution in [2.45, 2.75) is 33.1 Å². The van der Waals surface area contributed by atoms with Gasteiger partial charge in [-0.1, -0.05) is 13.3 Å². The Labute approximate surface area is 89.4 Å². The van der Waals surface area contributed by atoms with Crippen LogP contribution >= 0.6 is 0 Å². The van der Waals surface area contributed by atoms with Crippen molar-refractivity contribution in [3.05, 3.63) is 24.2 Å². The maximum Gasteiger partial charge on any atom is 0.307 e. The fourth-order valence-electron chi connectivity index (χ4n) is 1.10. The molecule has 0 unspecified atom stereocenters. The number of nitrogens with one attached hydrogen (secondary N) is 1. The summed E-state index contributed by atoms with van der Waals surface area (Å²) < 4.78 is 4.93. The first kappa shape index (κ1) is 11.5. The Hall–Kier alpha value is -1.58. The van der Waals surface area contributed by atoms with E-state index in [-0.39, 0.29) is 11.7 Å². The highest BCUT2D eigenvalue weighted by molar-refractivity contribution is 5.92. The van der Waals surface area contributed by atoms with Gasteiger partial charge in [0.25, 0.3) is 0 Å². The van der Waals surface area contributed by atoms with Crippen LogP contribution in [-0.2, 0) is 0 Å². The Morgan fingerprint density at radius 1 is 1.60 bits per heavy atom. The monoisotopic (exact) mass is 208 g/mol. The summed E-state index contributed by atoms with van der Waals surface area (Å²) in [5, 5.41) is 3.97. The van der Waals surface area contributed by atoms with E-state index in [2.05, 4.69) is 17.5 Å². The van der Waals surface area contributed by atoms with Gasteiger partial charge in [0.15, 0.2) is 5.76 Å². The molecule has 82 valence electrons. The van der Waals surface area contributed by atoms with Gasteiger partial charge in [-0.25, -0.2) is 5.43 Å². The van der Waals surface area contributed by atoms with Crippen LogP contribution in [0, 0.1) is 0 Å². The van der Waals surface area contributed by atoms with Gasteiger partial charge in [-0.15, -0.1) is 0 Å². The number of hydrogen-bond acceptors (Lipinski definition) is 3. The van der Waals surface area contributed by atoms with Gasteiger partial charge in [0.1, 0.15) is 0 Å². The fourth-order valence-corrected chi connectivity index (χ4v) is 1.10. The number of hydrogen-bond donors (Lipinski definition) is 1. The number of amides is 1. The van der Waals surface area contributed by atoms with Crippen molar-refractivity contribution in [3.63, 3.8) is 0 Å². The molecule has 0 aliphatic heterocycles. The van der Waals surface area contributed by atoms with Crippen molar-refractivity contribution >= 4 is 11.6 Å². The number of hydrazone groups is 1. The van der Waals surface area contributed by atoms with Crippen molar-refractivity contribution in [3.8, 4) is 0 Å². The maximum atomic E-state index is 11.4. The van der Waals surface area contributed by atoms with E-state index in [9.17, 15) is 4.79 Å². The molecule has 1 amide bonds. The highest BCUT2D eigenvalue weighted by atomic mass is 16.3. The Bertz CT molecular complexity index is 328. The smallest absolute Gasteiger partial charge is 0.307 e. The topological polar surface area (TPSA) is 54.6 Å². The molecule has 0 fully saturated rings. The molecule has 0 bridgehead atoms. The predicted octanol–water partition coefficient (Wildman–Crippen LogP) is 2.58. The molecule has 1 heterocycles. The molecular formula is C11H16N2O2. The molecule has 0 saturated carbocycles. The number of unbranched alkanes of at least 4 members (excludes halogenated alkanes) is 1. The zero-order valence-electron chi connectivity index (χ0n) is 9.12. The lowest BCUT2D eigenvalue weighted by molar-refractivity contribution is 0.0927. The first-order valence-electron chi connectivity index (χ1n) is 5.11. The molecule has 0 radical (unpaired) electrons. The van der Waals surface area contributed by atoms with Crippen LogP contribution in [0.4, 0.5) is 0 Å². The molecule has 15 heavy (non-hydrogen) atoms. The SMILES string of the molecule is CCCC/C(C)=N/NC(=O)c1ccco1. The minimum atomic E-state index is -0.309. The average molecular weight is 208 g/mol. The molecule has 0 spiro atoms. The van der Waals surface area contributed by atoms with Gasteiger partial charge in [-0.05, 0) is 31.9 Å². The third kappa shape index (κ3) is 3.97. The summed E-state index contributed by atoms with van der Waals surface area (Å²) in [5.41, 5.74) is 3.38. The lowest BCUT2D eigenvalue weighted by atomic mass is 10.2. The van der Waals surface area contributed by atoms with Crippen molar-refractivity contribution in [1.29, 1.82) is 0 Å². The van der Waals surface area contributed by atoms with E-state index in [4.69, 9.17) is 4.42 Å². The lowest BCUT2D eigenvalue weighted by Gasteiger charge is -1.99. The first-order chi connectivity index (χ1) is 7.24. The summed E-state index contributed by atoms with van der Waals surface area (Å²) in [6, 6.07) is 3.27. The Morgan fingerprint density at radius 2 is 2.40 bits per heavy atom. The van der Waals surface area contributed by atoms with E-state index in [1.54, 1.807) is 12.1 Å². The van der Waals surface area contributed by atoms with Gasteiger partial charge < -0.3 is 4.42 Å². The minimum absolute atomic E-state index is 0.280. The van der Waals surface area contributed by atoms with Gasteiger partial charge in [-0.3, -0.25) is 4.79 Å². The molecule has 1 rings (SSSR count). The van der Waals surface area contributed by atoms with Crippen LogP contribution in [0.15, 0.2) is 27.9 Å². The van der Waals surface area contributed by atoms with E-state index in [0.717, 1.165) is 25.0 Å². The van der Waals surface area contributed by atoms with Crippen LogP contribution in [0.25, 0.3) is 0 Å². The third-order valence-electron chi connectivity index (χ3n) is 1.99. The largest absolute Gasteiger partial charge is 0.459 e. The molecule has 0 atom stereocenters. The number of furan rings is 1. The summed E-state index contributed by atoms with van der Waals surface area (Å²) in [5.74, 6) is -0.0297. The fraction of sp³-hybridized carbons (Fsp3) is 0.455. The van der Waals surface area contributed by atoms with Gasteiger partial charge in [0.05, 0.1) is 6.26 Å². The molecule has 4 heteroatoms. The number of nitrogens with zero attached hydrogens (tertiary/aromatic N) is 1. The molecule has 1 N–H and O–H groups in total. The zero-order chi connectivity index (χ0) is 11.1. The molecule has 1 aromatic heterocycles. The summed E-state index contributed by atoms with van der Waals surface area (Å²) in [6.07, 6.45) is 4.59. The zero-order valence-corrected chi connectivity index (χ0v) is 9.12. The first-order valence-corrected chi connectivity index (χ1v) is 5.11. The molecule has 1 aromatic rings. The summed E-state index contributed by atoms with van der Waals surface area (Å²) in [6.45, 7) is 4.02. The Kier molecular flexibility index (Phi) is 4.60. The van der Waals surface area contributed by atoms with Crippen molar-refractivity contribution in [2.24, 2.45) is 5.10 Å². The molecule has 0 aliphatic rings. The number of carbonyl (C=O) groups excluding carboxylic acids is 1. The quantitative estimate of drug-likeness (QED) is 0.597. The Balaban J connectivity index is 2.39. The van der Waals surface area contributed by atoms with Crippen LogP contribution in [0.5, 0.6) is 0 Å². The minimum Gasteiger partial charge on any atom is -0.459 e. The second-order valence-electron chi connectivity index (χ2n) is 3.37. The maximum absolute atomic E-state index is 11.4. The van der Waals surface area contributed by atoms with Crippen LogP contribution in [0.3, 0.4) is 0 Å². The second kappa shape index (κ2) is 6.01. The van der Waals surface area contributed by atoms with Gasteiger partial charge in [0.2, 0.25) is 0 Å². The van der Waals surface area contributed by atoms with E-state index in [0.29, 0.717) is 0 Å². The van der Waals surface area contributed by atoms with Crippen LogP contribution < -0.4 is 5.43 Å². The summed E-state index contributed by atoms with van der Waals surface area (Å²) in [4.78, 5) is 11.4. The molecule has 0 aliphatic carbocycles. The van der Waals surface area contributed by atoms with Crippen molar-refractivity contribution in [2.75, 3.05) is 0 Å². The van der Waals surface area contributed by atoms with Gasteiger partial charge in [0, 0.05) is 5.71 Å². The van der Waals surface area contributed by atoms with Crippen LogP contribution in [0.1, 0.15) is 43.7 Å². The van der Waals surface area contributed by atoms with Crippen molar-refractivity contribution < 1.29 is 9.21 Å². The normalized spacial score (nSPS) is 11.5.